The number of fused-ring (bicyclic) bond motifs is 1. The lowest BCUT2D eigenvalue weighted by atomic mass is 10.0. The average Bonchev–Trinajstić information content (AvgIpc) is 3.04. The van der Waals surface area contributed by atoms with Crippen molar-refractivity contribution in [3.63, 3.8) is 0 Å². The fourth-order valence-corrected chi connectivity index (χ4v) is 2.92. The molecule has 0 saturated carbocycles. The minimum absolute atomic E-state index is 0.0409. The van der Waals surface area contributed by atoms with E-state index < -0.39 is 11.7 Å². The number of aromatic nitrogens is 2. The normalized spacial score (nSPS) is 24.1. The second-order valence-electron chi connectivity index (χ2n) is 5.43. The summed E-state index contributed by atoms with van der Waals surface area (Å²) in [4.78, 5) is 28.9. The Kier molecular flexibility index (Phi) is 4.28. The second-order valence-corrected chi connectivity index (χ2v) is 5.43. The van der Waals surface area contributed by atoms with Gasteiger partial charge in [0.15, 0.2) is 5.82 Å². The summed E-state index contributed by atoms with van der Waals surface area (Å²) in [5.41, 5.74) is 2.89. The number of esters is 1. The predicted octanol–water partition coefficient (Wildman–Crippen LogP) is 0.844. The van der Waals surface area contributed by atoms with Crippen molar-refractivity contribution in [2.24, 2.45) is 0 Å². The summed E-state index contributed by atoms with van der Waals surface area (Å²) >= 11 is 0. The van der Waals surface area contributed by atoms with Crippen LogP contribution in [0, 0.1) is 0 Å². The molecule has 8 nitrogen and oxygen atoms in total. The standard InChI is InChI=1S/C14H19N3O5/c1-2-20-13(18)11-8-10(21-15-11)7-9-5-3-4-6-12-16-22-14(19)17(9)12/h8-10,15H,2-7H2,1H3. The maximum atomic E-state index is 11.8. The van der Waals surface area contributed by atoms with Gasteiger partial charge in [-0.05, 0) is 25.8 Å². The van der Waals surface area contributed by atoms with Gasteiger partial charge in [-0.3, -0.25) is 19.4 Å². The third-order valence-corrected chi connectivity index (χ3v) is 3.93. The Morgan fingerprint density at radius 3 is 3.23 bits per heavy atom. The maximum Gasteiger partial charge on any atom is 0.441 e. The summed E-state index contributed by atoms with van der Waals surface area (Å²) in [6.45, 7) is 2.06. The molecule has 0 saturated heterocycles. The second kappa shape index (κ2) is 6.35. The molecule has 0 bridgehead atoms. The van der Waals surface area contributed by atoms with Crippen molar-refractivity contribution in [3.05, 3.63) is 28.1 Å². The van der Waals surface area contributed by atoms with Crippen LogP contribution in [0.2, 0.25) is 0 Å². The molecule has 0 spiro atoms. The van der Waals surface area contributed by atoms with Crippen LogP contribution in [0.15, 0.2) is 21.1 Å². The molecule has 1 N–H and O–H groups in total. The first-order valence-corrected chi connectivity index (χ1v) is 7.56. The highest BCUT2D eigenvalue weighted by atomic mass is 16.7. The summed E-state index contributed by atoms with van der Waals surface area (Å²) in [6, 6.07) is -0.0409. The molecule has 3 rings (SSSR count). The summed E-state index contributed by atoms with van der Waals surface area (Å²) in [5.74, 6) is -0.177. The predicted molar refractivity (Wildman–Crippen MR) is 74.7 cm³/mol. The number of hydroxylamine groups is 1. The Hall–Kier alpha value is -2.09. The highest BCUT2D eigenvalue weighted by molar-refractivity contribution is 5.87. The van der Waals surface area contributed by atoms with Gasteiger partial charge in [0.05, 0.1) is 6.61 Å². The van der Waals surface area contributed by atoms with Crippen molar-refractivity contribution in [1.82, 2.24) is 15.2 Å². The number of ether oxygens (including phenoxy) is 1. The average molecular weight is 309 g/mol. The van der Waals surface area contributed by atoms with Crippen LogP contribution < -0.4 is 11.2 Å². The highest BCUT2D eigenvalue weighted by Gasteiger charge is 2.29. The molecular weight excluding hydrogens is 290 g/mol. The lowest BCUT2D eigenvalue weighted by molar-refractivity contribution is -0.140. The lowest BCUT2D eigenvalue weighted by Gasteiger charge is -2.18. The number of nitrogens with zero attached hydrogens (tertiary/aromatic N) is 2. The molecule has 0 aromatic carbocycles. The number of rotatable bonds is 4. The van der Waals surface area contributed by atoms with Gasteiger partial charge in [-0.25, -0.2) is 9.59 Å². The molecule has 0 radical (unpaired) electrons. The van der Waals surface area contributed by atoms with Crippen molar-refractivity contribution in [2.75, 3.05) is 6.61 Å². The van der Waals surface area contributed by atoms with E-state index in [1.54, 1.807) is 17.6 Å². The number of aryl methyl sites for hydroxylation is 1. The molecule has 22 heavy (non-hydrogen) atoms. The van der Waals surface area contributed by atoms with Crippen molar-refractivity contribution in [1.29, 1.82) is 0 Å². The summed E-state index contributed by atoms with van der Waals surface area (Å²) in [5, 5.41) is 3.84. The Balaban J connectivity index is 1.73. The zero-order valence-electron chi connectivity index (χ0n) is 12.4. The zero-order valence-corrected chi connectivity index (χ0v) is 12.4. The molecule has 2 unspecified atom stereocenters. The fourth-order valence-electron chi connectivity index (χ4n) is 2.92. The van der Waals surface area contributed by atoms with Crippen LogP contribution in [0.4, 0.5) is 0 Å². The van der Waals surface area contributed by atoms with Gasteiger partial charge in [0, 0.05) is 18.9 Å². The first-order valence-electron chi connectivity index (χ1n) is 7.56. The monoisotopic (exact) mass is 309 g/mol. The number of hydrogen-bond donors (Lipinski definition) is 1. The quantitative estimate of drug-likeness (QED) is 0.823. The van der Waals surface area contributed by atoms with E-state index >= 15 is 0 Å². The Labute approximate surface area is 127 Å². The third kappa shape index (κ3) is 2.92. The SMILES string of the molecule is CCOC(=O)C1=CC(CC2CCCCc3noc(=O)n32)ON1. The smallest absolute Gasteiger partial charge is 0.441 e. The van der Waals surface area contributed by atoms with E-state index in [1.807, 2.05) is 0 Å². The van der Waals surface area contributed by atoms with E-state index in [2.05, 4.69) is 10.6 Å². The van der Waals surface area contributed by atoms with Gasteiger partial charge in [-0.1, -0.05) is 11.6 Å². The first kappa shape index (κ1) is 14.8. The minimum atomic E-state index is -0.436. The highest BCUT2D eigenvalue weighted by Crippen LogP contribution is 2.27. The van der Waals surface area contributed by atoms with Crippen LogP contribution in [-0.2, 0) is 20.8 Å². The van der Waals surface area contributed by atoms with Gasteiger partial charge in [0.2, 0.25) is 0 Å². The topological polar surface area (TPSA) is 95.6 Å². The third-order valence-electron chi connectivity index (χ3n) is 3.93. The number of hydrogen-bond acceptors (Lipinski definition) is 7. The summed E-state index contributed by atoms with van der Waals surface area (Å²) in [7, 11) is 0. The van der Waals surface area contributed by atoms with E-state index in [1.165, 1.54) is 0 Å². The molecule has 2 aliphatic heterocycles. The molecule has 2 aliphatic rings. The molecule has 8 heteroatoms. The molecule has 1 aromatic heterocycles. The van der Waals surface area contributed by atoms with Crippen molar-refractivity contribution in [3.8, 4) is 0 Å². The first-order chi connectivity index (χ1) is 10.7. The molecule has 0 amide bonds. The Morgan fingerprint density at radius 1 is 1.55 bits per heavy atom. The lowest BCUT2D eigenvalue weighted by Crippen LogP contribution is -2.26. The van der Waals surface area contributed by atoms with Crippen LogP contribution in [0.5, 0.6) is 0 Å². The van der Waals surface area contributed by atoms with Crippen LogP contribution in [0.25, 0.3) is 0 Å². The van der Waals surface area contributed by atoms with Gasteiger partial charge in [0.1, 0.15) is 11.8 Å². The molecular formula is C14H19N3O5. The maximum absolute atomic E-state index is 11.8. The van der Waals surface area contributed by atoms with Gasteiger partial charge in [0.25, 0.3) is 0 Å². The Morgan fingerprint density at radius 2 is 2.41 bits per heavy atom. The number of carbonyl (C=O) groups is 1. The summed E-state index contributed by atoms with van der Waals surface area (Å²) in [6.07, 6.45) is 5.58. The van der Waals surface area contributed by atoms with E-state index in [9.17, 15) is 9.59 Å². The van der Waals surface area contributed by atoms with Crippen LogP contribution in [0.1, 0.15) is 44.5 Å². The van der Waals surface area contributed by atoms with Crippen LogP contribution >= 0.6 is 0 Å². The molecule has 3 heterocycles. The van der Waals surface area contributed by atoms with Gasteiger partial charge in [-0.2, -0.15) is 0 Å². The van der Waals surface area contributed by atoms with E-state index in [0.717, 1.165) is 25.7 Å². The van der Waals surface area contributed by atoms with Crippen molar-refractivity contribution < 1.29 is 18.9 Å². The van der Waals surface area contributed by atoms with Crippen molar-refractivity contribution in [2.45, 2.75) is 51.2 Å². The fraction of sp³-hybridized carbons (Fsp3) is 0.643. The largest absolute Gasteiger partial charge is 0.461 e. The van der Waals surface area contributed by atoms with Gasteiger partial charge in [-0.15, -0.1) is 0 Å². The van der Waals surface area contributed by atoms with Crippen LogP contribution in [-0.4, -0.2) is 28.4 Å². The summed E-state index contributed by atoms with van der Waals surface area (Å²) < 4.78 is 11.3. The van der Waals surface area contributed by atoms with E-state index in [-0.39, 0.29) is 12.1 Å². The van der Waals surface area contributed by atoms with E-state index in [4.69, 9.17) is 14.1 Å². The Bertz CT molecular complexity index is 633. The van der Waals surface area contributed by atoms with Gasteiger partial charge >= 0.3 is 11.7 Å². The zero-order chi connectivity index (χ0) is 15.5. The number of nitrogens with one attached hydrogen (secondary N) is 1. The van der Waals surface area contributed by atoms with Crippen LogP contribution in [0.3, 0.4) is 0 Å². The van der Waals surface area contributed by atoms with Crippen molar-refractivity contribution >= 4 is 5.97 Å². The van der Waals surface area contributed by atoms with Gasteiger partial charge < -0.3 is 4.74 Å². The molecule has 1 aromatic rings. The minimum Gasteiger partial charge on any atom is -0.461 e. The number of carbonyl (C=O) groups excluding carboxylic acids is 1. The molecule has 120 valence electrons. The molecule has 0 fully saturated rings. The molecule has 2 atom stereocenters. The van der Waals surface area contributed by atoms with E-state index in [0.29, 0.717) is 24.5 Å². The molecule has 0 aliphatic carbocycles.